The van der Waals surface area contributed by atoms with Crippen LogP contribution in [0.4, 0.5) is 0 Å². The zero-order valence-corrected chi connectivity index (χ0v) is 11.8. The van der Waals surface area contributed by atoms with Crippen LogP contribution in [0.2, 0.25) is 0 Å². The van der Waals surface area contributed by atoms with Gasteiger partial charge in [-0.2, -0.15) is 0 Å². The normalized spacial score (nSPS) is 13.0. The SMILES string of the molecule is c1csc(OCC2c3ccccc3-c3ccccc32)c1. The van der Waals surface area contributed by atoms with E-state index in [0.29, 0.717) is 12.5 Å². The van der Waals surface area contributed by atoms with Crippen molar-refractivity contribution in [2.75, 3.05) is 6.61 Å². The Labute approximate surface area is 122 Å². The summed E-state index contributed by atoms with van der Waals surface area (Å²) in [6.07, 6.45) is 0. The van der Waals surface area contributed by atoms with Crippen molar-refractivity contribution >= 4 is 11.3 Å². The maximum atomic E-state index is 5.96. The summed E-state index contributed by atoms with van der Waals surface area (Å²) in [5.41, 5.74) is 5.46. The summed E-state index contributed by atoms with van der Waals surface area (Å²) in [5, 5.41) is 3.04. The molecule has 0 spiro atoms. The molecular formula is C18H14OS. The molecule has 0 aliphatic heterocycles. The van der Waals surface area contributed by atoms with Gasteiger partial charge in [0, 0.05) is 5.92 Å². The topological polar surface area (TPSA) is 9.23 Å². The predicted octanol–water partition coefficient (Wildman–Crippen LogP) is 4.94. The lowest BCUT2D eigenvalue weighted by Gasteiger charge is -2.13. The average Bonchev–Trinajstić information content (AvgIpc) is 3.11. The third-order valence-electron chi connectivity index (χ3n) is 3.85. The van der Waals surface area contributed by atoms with E-state index in [1.807, 2.05) is 17.5 Å². The number of hydrogen-bond acceptors (Lipinski definition) is 2. The quantitative estimate of drug-likeness (QED) is 0.659. The highest BCUT2D eigenvalue weighted by atomic mass is 32.1. The fourth-order valence-corrected chi connectivity index (χ4v) is 3.53. The van der Waals surface area contributed by atoms with E-state index >= 15 is 0 Å². The van der Waals surface area contributed by atoms with Gasteiger partial charge in [-0.05, 0) is 39.8 Å². The van der Waals surface area contributed by atoms with Gasteiger partial charge in [-0.1, -0.05) is 48.5 Å². The van der Waals surface area contributed by atoms with Crippen molar-refractivity contribution in [3.8, 4) is 16.2 Å². The molecule has 0 atom stereocenters. The van der Waals surface area contributed by atoms with Crippen LogP contribution in [0.5, 0.6) is 5.06 Å². The molecule has 4 rings (SSSR count). The van der Waals surface area contributed by atoms with Crippen LogP contribution in [0.1, 0.15) is 17.0 Å². The molecule has 0 amide bonds. The third kappa shape index (κ3) is 1.84. The standard InChI is InChI=1S/C18H14OS/c1-3-8-15-13(6-1)14-7-2-4-9-16(14)17(15)12-19-18-10-5-11-20-18/h1-11,17H,12H2. The van der Waals surface area contributed by atoms with Crippen LogP contribution in [0.25, 0.3) is 11.1 Å². The van der Waals surface area contributed by atoms with Gasteiger partial charge in [-0.25, -0.2) is 0 Å². The Morgan fingerprint density at radius 2 is 1.45 bits per heavy atom. The highest BCUT2D eigenvalue weighted by Gasteiger charge is 2.28. The van der Waals surface area contributed by atoms with Crippen molar-refractivity contribution < 1.29 is 4.74 Å². The lowest BCUT2D eigenvalue weighted by atomic mass is 9.98. The first-order valence-electron chi connectivity index (χ1n) is 6.78. The van der Waals surface area contributed by atoms with E-state index in [-0.39, 0.29) is 0 Å². The molecular weight excluding hydrogens is 264 g/mol. The molecule has 20 heavy (non-hydrogen) atoms. The van der Waals surface area contributed by atoms with Gasteiger partial charge < -0.3 is 4.74 Å². The molecule has 2 heteroatoms. The van der Waals surface area contributed by atoms with E-state index in [2.05, 4.69) is 48.5 Å². The summed E-state index contributed by atoms with van der Waals surface area (Å²) >= 11 is 1.65. The highest BCUT2D eigenvalue weighted by molar-refractivity contribution is 7.11. The molecule has 1 aliphatic carbocycles. The number of hydrogen-bond donors (Lipinski definition) is 0. The molecule has 0 fully saturated rings. The van der Waals surface area contributed by atoms with Crippen molar-refractivity contribution in [1.82, 2.24) is 0 Å². The van der Waals surface area contributed by atoms with Crippen LogP contribution in [0, 0.1) is 0 Å². The van der Waals surface area contributed by atoms with Gasteiger partial charge in [0.1, 0.15) is 6.61 Å². The summed E-state index contributed by atoms with van der Waals surface area (Å²) in [5.74, 6) is 0.337. The number of fused-ring (bicyclic) bond motifs is 3. The Balaban J connectivity index is 1.72. The summed E-state index contributed by atoms with van der Waals surface area (Å²) in [7, 11) is 0. The number of ether oxygens (including phenoxy) is 1. The molecule has 0 radical (unpaired) electrons. The first kappa shape index (κ1) is 11.7. The largest absolute Gasteiger partial charge is 0.483 e. The third-order valence-corrected chi connectivity index (χ3v) is 4.63. The lowest BCUT2D eigenvalue weighted by molar-refractivity contribution is 0.314. The van der Waals surface area contributed by atoms with Crippen LogP contribution in [0.3, 0.4) is 0 Å². The van der Waals surface area contributed by atoms with E-state index in [4.69, 9.17) is 4.74 Å². The van der Waals surface area contributed by atoms with Gasteiger partial charge >= 0.3 is 0 Å². The Bertz CT molecular complexity index is 685. The second kappa shape index (κ2) is 4.80. The fraction of sp³-hybridized carbons (Fsp3) is 0.111. The van der Waals surface area contributed by atoms with E-state index in [9.17, 15) is 0 Å². The minimum atomic E-state index is 0.337. The van der Waals surface area contributed by atoms with Crippen molar-refractivity contribution in [3.63, 3.8) is 0 Å². The monoisotopic (exact) mass is 278 g/mol. The van der Waals surface area contributed by atoms with Gasteiger partial charge in [0.2, 0.25) is 0 Å². The summed E-state index contributed by atoms with van der Waals surface area (Å²) < 4.78 is 5.96. The van der Waals surface area contributed by atoms with Crippen LogP contribution < -0.4 is 4.74 Å². The van der Waals surface area contributed by atoms with Crippen LogP contribution in [-0.2, 0) is 0 Å². The van der Waals surface area contributed by atoms with E-state index < -0.39 is 0 Å². The highest BCUT2D eigenvalue weighted by Crippen LogP contribution is 2.44. The molecule has 98 valence electrons. The van der Waals surface area contributed by atoms with E-state index in [1.165, 1.54) is 22.3 Å². The molecule has 3 aromatic rings. The zero-order chi connectivity index (χ0) is 13.4. The van der Waals surface area contributed by atoms with Gasteiger partial charge in [-0.3, -0.25) is 0 Å². The van der Waals surface area contributed by atoms with Crippen LogP contribution >= 0.6 is 11.3 Å². The second-order valence-corrected chi connectivity index (χ2v) is 5.88. The van der Waals surface area contributed by atoms with E-state index in [0.717, 1.165) is 5.06 Å². The second-order valence-electron chi connectivity index (χ2n) is 4.97. The van der Waals surface area contributed by atoms with Crippen LogP contribution in [0.15, 0.2) is 66.0 Å². The molecule has 0 bridgehead atoms. The fourth-order valence-electron chi connectivity index (χ4n) is 2.95. The maximum absolute atomic E-state index is 5.96. The number of thiophene rings is 1. The number of benzene rings is 2. The van der Waals surface area contributed by atoms with Crippen LogP contribution in [-0.4, -0.2) is 6.61 Å². The molecule has 1 aliphatic rings. The zero-order valence-electron chi connectivity index (χ0n) is 11.0. The predicted molar refractivity (Wildman–Crippen MR) is 83.5 cm³/mol. The summed E-state index contributed by atoms with van der Waals surface area (Å²) in [6, 6.07) is 21.4. The molecule has 2 aromatic carbocycles. The Hall–Kier alpha value is -2.06. The smallest absolute Gasteiger partial charge is 0.173 e. The van der Waals surface area contributed by atoms with E-state index in [1.54, 1.807) is 11.3 Å². The minimum Gasteiger partial charge on any atom is -0.483 e. The Morgan fingerprint density at radius 3 is 2.05 bits per heavy atom. The maximum Gasteiger partial charge on any atom is 0.173 e. The molecule has 0 saturated heterocycles. The minimum absolute atomic E-state index is 0.337. The summed E-state index contributed by atoms with van der Waals surface area (Å²) in [6.45, 7) is 0.703. The molecule has 1 aromatic heterocycles. The first-order chi connectivity index (χ1) is 9.93. The first-order valence-corrected chi connectivity index (χ1v) is 7.66. The van der Waals surface area contributed by atoms with Crippen molar-refractivity contribution in [3.05, 3.63) is 77.2 Å². The molecule has 0 unspecified atom stereocenters. The van der Waals surface area contributed by atoms with Gasteiger partial charge in [0.25, 0.3) is 0 Å². The van der Waals surface area contributed by atoms with Gasteiger partial charge in [0.15, 0.2) is 5.06 Å². The molecule has 1 heterocycles. The average molecular weight is 278 g/mol. The van der Waals surface area contributed by atoms with Crippen molar-refractivity contribution in [1.29, 1.82) is 0 Å². The number of rotatable bonds is 3. The van der Waals surface area contributed by atoms with Gasteiger partial charge in [-0.15, -0.1) is 11.3 Å². The Kier molecular flexibility index (Phi) is 2.82. The Morgan fingerprint density at radius 1 is 0.800 bits per heavy atom. The van der Waals surface area contributed by atoms with Crippen molar-refractivity contribution in [2.45, 2.75) is 5.92 Å². The molecule has 0 N–H and O–H groups in total. The van der Waals surface area contributed by atoms with Crippen molar-refractivity contribution in [2.24, 2.45) is 0 Å². The summed E-state index contributed by atoms with van der Waals surface area (Å²) in [4.78, 5) is 0. The van der Waals surface area contributed by atoms with Gasteiger partial charge in [0.05, 0.1) is 0 Å². The lowest BCUT2D eigenvalue weighted by Crippen LogP contribution is -2.08. The molecule has 1 nitrogen and oxygen atoms in total. The molecule has 0 saturated carbocycles.